The zero-order valence-electron chi connectivity index (χ0n) is 13.3. The van der Waals surface area contributed by atoms with Crippen LogP contribution in [-0.2, 0) is 6.42 Å². The van der Waals surface area contributed by atoms with Crippen LogP contribution in [0.2, 0.25) is 0 Å². The lowest BCUT2D eigenvalue weighted by atomic mass is 10.1. The molecule has 0 spiro atoms. The lowest BCUT2D eigenvalue weighted by Crippen LogP contribution is -2.21. The number of carbonyl (C=O) groups excluding carboxylic acids is 1. The lowest BCUT2D eigenvalue weighted by molar-refractivity contribution is 0.102. The molecule has 0 aliphatic carbocycles. The van der Waals surface area contributed by atoms with Crippen molar-refractivity contribution in [3.63, 3.8) is 0 Å². The molecule has 23 heavy (non-hydrogen) atoms. The van der Waals surface area contributed by atoms with Gasteiger partial charge in [-0.1, -0.05) is 18.2 Å². The quantitative estimate of drug-likeness (QED) is 0.834. The number of nitrogens with zero attached hydrogens (tertiary/aromatic N) is 1. The van der Waals surface area contributed by atoms with Gasteiger partial charge in [0.25, 0.3) is 5.91 Å². The van der Waals surface area contributed by atoms with Crippen LogP contribution in [0.5, 0.6) is 0 Å². The summed E-state index contributed by atoms with van der Waals surface area (Å²) >= 11 is 0. The number of nitrogen functional groups attached to an aromatic ring is 1. The summed E-state index contributed by atoms with van der Waals surface area (Å²) in [6, 6.07) is 15.1. The molecule has 2 aromatic carbocycles. The van der Waals surface area contributed by atoms with Crippen molar-refractivity contribution in [2.24, 2.45) is 0 Å². The fourth-order valence-electron chi connectivity index (χ4n) is 2.93. The van der Waals surface area contributed by atoms with Gasteiger partial charge in [-0.15, -0.1) is 0 Å². The Kier molecular flexibility index (Phi) is 4.93. The number of nitrogens with two attached hydrogens (primary N) is 1. The number of hydrogen-bond donors (Lipinski definition) is 2. The number of amides is 1. The molecule has 1 heterocycles. The fourth-order valence-corrected chi connectivity index (χ4v) is 2.93. The largest absolute Gasteiger partial charge is 0.399 e. The Balaban J connectivity index is 1.55. The van der Waals surface area contributed by atoms with E-state index in [9.17, 15) is 4.79 Å². The first-order valence-electron chi connectivity index (χ1n) is 8.19. The molecule has 4 nitrogen and oxygen atoms in total. The summed E-state index contributed by atoms with van der Waals surface area (Å²) in [5.74, 6) is -0.137. The summed E-state index contributed by atoms with van der Waals surface area (Å²) in [5.41, 5.74) is 8.99. The average molecular weight is 309 g/mol. The molecule has 0 unspecified atom stereocenters. The van der Waals surface area contributed by atoms with Gasteiger partial charge in [0.05, 0.1) is 0 Å². The third-order valence-electron chi connectivity index (χ3n) is 4.28. The lowest BCUT2D eigenvalue weighted by Gasteiger charge is -2.14. The minimum atomic E-state index is -0.137. The van der Waals surface area contributed by atoms with E-state index in [1.54, 1.807) is 24.3 Å². The molecule has 4 heteroatoms. The predicted molar refractivity (Wildman–Crippen MR) is 94.6 cm³/mol. The topological polar surface area (TPSA) is 58.4 Å². The highest BCUT2D eigenvalue weighted by atomic mass is 16.1. The van der Waals surface area contributed by atoms with Crippen LogP contribution in [0.15, 0.2) is 48.5 Å². The highest BCUT2D eigenvalue weighted by Crippen LogP contribution is 2.14. The van der Waals surface area contributed by atoms with Gasteiger partial charge >= 0.3 is 0 Å². The number of likely N-dealkylation sites (tertiary alicyclic amines) is 1. The molecule has 2 aromatic rings. The molecule has 1 aliphatic rings. The van der Waals surface area contributed by atoms with Gasteiger partial charge < -0.3 is 16.0 Å². The Labute approximate surface area is 137 Å². The summed E-state index contributed by atoms with van der Waals surface area (Å²) in [6.45, 7) is 3.58. The number of anilines is 2. The normalized spacial score (nSPS) is 14.8. The van der Waals surface area contributed by atoms with Crippen molar-refractivity contribution < 1.29 is 4.79 Å². The van der Waals surface area contributed by atoms with Crippen molar-refractivity contribution >= 4 is 17.3 Å². The van der Waals surface area contributed by atoms with Gasteiger partial charge in [-0.05, 0) is 68.2 Å². The van der Waals surface area contributed by atoms with Gasteiger partial charge in [0.15, 0.2) is 0 Å². The Bertz CT molecular complexity index is 661. The standard InChI is InChI=1S/C19H23N3O/c20-17-5-3-4-16(14-17)19(23)21-18-8-6-15(7-9-18)10-13-22-11-1-2-12-22/h3-9,14H,1-2,10-13,20H2,(H,21,23). The van der Waals surface area contributed by atoms with Crippen molar-refractivity contribution in [2.75, 3.05) is 30.7 Å². The van der Waals surface area contributed by atoms with Crippen molar-refractivity contribution in [1.82, 2.24) is 4.90 Å². The van der Waals surface area contributed by atoms with Crippen LogP contribution in [0.3, 0.4) is 0 Å². The van der Waals surface area contributed by atoms with Crippen molar-refractivity contribution in [1.29, 1.82) is 0 Å². The van der Waals surface area contributed by atoms with Crippen LogP contribution in [0, 0.1) is 0 Å². The molecule has 1 fully saturated rings. The van der Waals surface area contributed by atoms with Gasteiger partial charge in [-0.25, -0.2) is 0 Å². The Morgan fingerprint density at radius 2 is 1.83 bits per heavy atom. The van der Waals surface area contributed by atoms with Crippen LogP contribution in [0.4, 0.5) is 11.4 Å². The van der Waals surface area contributed by atoms with Crippen molar-refractivity contribution in [3.05, 3.63) is 59.7 Å². The summed E-state index contributed by atoms with van der Waals surface area (Å²) < 4.78 is 0. The Morgan fingerprint density at radius 3 is 2.52 bits per heavy atom. The number of benzene rings is 2. The molecule has 0 radical (unpaired) electrons. The molecule has 0 aromatic heterocycles. The maximum Gasteiger partial charge on any atom is 0.255 e. The third-order valence-corrected chi connectivity index (χ3v) is 4.28. The zero-order chi connectivity index (χ0) is 16.1. The highest BCUT2D eigenvalue weighted by molar-refractivity contribution is 6.04. The second-order valence-electron chi connectivity index (χ2n) is 6.08. The molecule has 1 saturated heterocycles. The minimum absolute atomic E-state index is 0.137. The molecule has 1 aliphatic heterocycles. The maximum atomic E-state index is 12.2. The molecule has 0 saturated carbocycles. The van der Waals surface area contributed by atoms with Gasteiger partial charge in [0.2, 0.25) is 0 Å². The fraction of sp³-hybridized carbons (Fsp3) is 0.316. The van der Waals surface area contributed by atoms with E-state index < -0.39 is 0 Å². The van der Waals surface area contributed by atoms with E-state index in [0.29, 0.717) is 11.3 Å². The van der Waals surface area contributed by atoms with E-state index in [-0.39, 0.29) is 5.91 Å². The number of rotatable bonds is 5. The molecule has 1 amide bonds. The van der Waals surface area contributed by atoms with E-state index >= 15 is 0 Å². The molecule has 0 atom stereocenters. The Hall–Kier alpha value is -2.33. The smallest absolute Gasteiger partial charge is 0.255 e. The van der Waals surface area contributed by atoms with Gasteiger partial charge in [0.1, 0.15) is 0 Å². The van der Waals surface area contributed by atoms with Gasteiger partial charge in [0, 0.05) is 23.5 Å². The van der Waals surface area contributed by atoms with Gasteiger partial charge in [-0.3, -0.25) is 4.79 Å². The van der Waals surface area contributed by atoms with E-state index in [4.69, 9.17) is 5.73 Å². The van der Waals surface area contributed by atoms with E-state index in [1.165, 1.54) is 31.5 Å². The number of nitrogens with one attached hydrogen (secondary N) is 1. The monoisotopic (exact) mass is 309 g/mol. The molecular formula is C19H23N3O. The SMILES string of the molecule is Nc1cccc(C(=O)Nc2ccc(CCN3CCCC3)cc2)c1. The summed E-state index contributed by atoms with van der Waals surface area (Å²) in [4.78, 5) is 14.7. The van der Waals surface area contributed by atoms with Gasteiger partial charge in [-0.2, -0.15) is 0 Å². The first-order chi connectivity index (χ1) is 11.2. The summed E-state index contributed by atoms with van der Waals surface area (Å²) in [7, 11) is 0. The average Bonchev–Trinajstić information content (AvgIpc) is 3.08. The number of carbonyl (C=O) groups is 1. The summed E-state index contributed by atoms with van der Waals surface area (Å²) in [6.07, 6.45) is 3.72. The highest BCUT2D eigenvalue weighted by Gasteiger charge is 2.11. The van der Waals surface area contributed by atoms with Crippen molar-refractivity contribution in [3.8, 4) is 0 Å². The first kappa shape index (κ1) is 15.6. The van der Waals surface area contributed by atoms with Crippen LogP contribution >= 0.6 is 0 Å². The second kappa shape index (κ2) is 7.29. The van der Waals surface area contributed by atoms with Crippen molar-refractivity contribution in [2.45, 2.75) is 19.3 Å². The molecule has 0 bridgehead atoms. The maximum absolute atomic E-state index is 12.2. The molecule has 3 rings (SSSR count). The summed E-state index contributed by atoms with van der Waals surface area (Å²) in [5, 5.41) is 2.90. The predicted octanol–water partition coefficient (Wildman–Crippen LogP) is 3.16. The van der Waals surface area contributed by atoms with Crippen LogP contribution in [0.1, 0.15) is 28.8 Å². The zero-order valence-corrected chi connectivity index (χ0v) is 13.3. The first-order valence-corrected chi connectivity index (χ1v) is 8.19. The Morgan fingerprint density at radius 1 is 1.09 bits per heavy atom. The number of hydrogen-bond acceptors (Lipinski definition) is 3. The second-order valence-corrected chi connectivity index (χ2v) is 6.08. The van der Waals surface area contributed by atoms with E-state index in [0.717, 1.165) is 18.7 Å². The van der Waals surface area contributed by atoms with E-state index in [1.807, 2.05) is 12.1 Å². The molecule has 120 valence electrons. The molecule has 3 N–H and O–H groups in total. The molecular weight excluding hydrogens is 286 g/mol. The van der Waals surface area contributed by atoms with Crippen LogP contribution in [0.25, 0.3) is 0 Å². The van der Waals surface area contributed by atoms with Crippen LogP contribution in [-0.4, -0.2) is 30.4 Å². The third kappa shape index (κ3) is 4.33. The van der Waals surface area contributed by atoms with E-state index in [2.05, 4.69) is 22.3 Å². The minimum Gasteiger partial charge on any atom is -0.399 e. The van der Waals surface area contributed by atoms with Crippen LogP contribution < -0.4 is 11.1 Å².